The topological polar surface area (TPSA) is 87.2 Å². The van der Waals surface area contributed by atoms with Crippen LogP contribution in [-0.4, -0.2) is 65.1 Å². The summed E-state index contributed by atoms with van der Waals surface area (Å²) >= 11 is 7.24. The number of carboxylic acid groups (broad SMARTS) is 1. The number of benzene rings is 3. The Balaban J connectivity index is 1.52. The van der Waals surface area contributed by atoms with E-state index in [0.717, 1.165) is 35.6 Å². The highest BCUT2D eigenvalue weighted by Gasteiger charge is 2.39. The summed E-state index contributed by atoms with van der Waals surface area (Å²) in [6.07, 6.45) is -4.31. The number of ether oxygens (including phenoxy) is 1. The number of carbonyl (C=O) groups excluding carboxylic acids is 2. The fourth-order valence-electron chi connectivity index (χ4n) is 5.89. The van der Waals surface area contributed by atoms with Crippen LogP contribution in [-0.2, 0) is 6.54 Å². The number of thiophene rings is 1. The summed E-state index contributed by atoms with van der Waals surface area (Å²) in [6, 6.07) is 11.2. The van der Waals surface area contributed by atoms with Crippen molar-refractivity contribution in [3.63, 3.8) is 0 Å². The number of alkyl halides is 3. The smallest absolute Gasteiger partial charge is 0.454 e. The molecule has 1 aliphatic rings. The van der Waals surface area contributed by atoms with Crippen molar-refractivity contribution in [2.75, 3.05) is 14.2 Å². The van der Waals surface area contributed by atoms with Crippen molar-refractivity contribution >= 4 is 50.8 Å². The van der Waals surface area contributed by atoms with E-state index >= 15 is 0 Å². The molecule has 0 spiro atoms. The standard InChI is InChI=1S/C33H28ClF5N2O5S/c1-40(32(44)45)21-8-10-22(11-9-21)41(31(43)29-27(34)26-23(35)12-13-24(36)28(26)47-29)16-20-15-19(7-14-25(20)46-2)17-3-5-18(6-4-17)30(42)33(37,38)39/h3-7,12-15,21-22H,8-11,16H2,1-2H3,(H,44,45). The molecule has 47 heavy (non-hydrogen) atoms. The van der Waals surface area contributed by atoms with E-state index in [-0.39, 0.29) is 32.6 Å². The molecule has 0 unspecified atom stereocenters. The number of fused-ring (bicyclic) bond motifs is 1. The van der Waals surface area contributed by atoms with Crippen molar-refractivity contribution in [1.29, 1.82) is 0 Å². The first-order valence-corrected chi connectivity index (χ1v) is 15.6. The van der Waals surface area contributed by atoms with Crippen molar-refractivity contribution in [3.8, 4) is 16.9 Å². The highest BCUT2D eigenvalue weighted by molar-refractivity contribution is 7.21. The Hall–Kier alpha value is -4.23. The number of rotatable bonds is 8. The number of hydrogen-bond donors (Lipinski definition) is 1. The van der Waals surface area contributed by atoms with Crippen LogP contribution in [0.2, 0.25) is 5.02 Å². The van der Waals surface area contributed by atoms with E-state index in [4.69, 9.17) is 16.3 Å². The second-order valence-corrected chi connectivity index (χ2v) is 12.6. The van der Waals surface area contributed by atoms with Crippen LogP contribution in [0.5, 0.6) is 5.75 Å². The molecule has 248 valence electrons. The van der Waals surface area contributed by atoms with Crippen molar-refractivity contribution < 1.29 is 46.2 Å². The molecule has 1 saturated carbocycles. The summed E-state index contributed by atoms with van der Waals surface area (Å²) in [7, 11) is 2.92. The minimum absolute atomic E-state index is 0.0415. The molecule has 3 aromatic carbocycles. The van der Waals surface area contributed by atoms with E-state index in [1.54, 1.807) is 18.2 Å². The zero-order valence-corrected chi connectivity index (χ0v) is 26.6. The Morgan fingerprint density at radius 3 is 2.11 bits per heavy atom. The highest BCUT2D eigenvalue weighted by Crippen LogP contribution is 2.41. The number of amides is 2. The zero-order chi connectivity index (χ0) is 34.2. The first-order valence-electron chi connectivity index (χ1n) is 14.4. The molecule has 5 rings (SSSR count). The number of Topliss-reactive ketones (excluding diaryl/α,β-unsaturated/α-hetero) is 1. The summed E-state index contributed by atoms with van der Waals surface area (Å²) in [4.78, 5) is 40.2. The summed E-state index contributed by atoms with van der Waals surface area (Å²) in [5.41, 5.74) is 1.08. The number of nitrogens with zero attached hydrogens (tertiary/aromatic N) is 2. The zero-order valence-electron chi connectivity index (χ0n) is 25.0. The third-order valence-corrected chi connectivity index (χ3v) is 10.1. The second-order valence-electron chi connectivity index (χ2n) is 11.2. The van der Waals surface area contributed by atoms with Gasteiger partial charge in [-0.2, -0.15) is 13.2 Å². The molecule has 7 nitrogen and oxygen atoms in total. The summed E-state index contributed by atoms with van der Waals surface area (Å²) in [6.45, 7) is -0.0415. The Bertz CT molecular complexity index is 1840. The molecule has 0 radical (unpaired) electrons. The van der Waals surface area contributed by atoms with Crippen molar-refractivity contribution in [1.82, 2.24) is 9.80 Å². The third kappa shape index (κ3) is 6.91. The fourth-order valence-corrected chi connectivity index (χ4v) is 7.39. The van der Waals surface area contributed by atoms with Gasteiger partial charge in [0, 0.05) is 36.8 Å². The third-order valence-electron chi connectivity index (χ3n) is 8.45. The maximum atomic E-state index is 14.7. The molecular formula is C33H28ClF5N2O5S. The van der Waals surface area contributed by atoms with Crippen LogP contribution in [0.1, 0.15) is 51.3 Å². The summed E-state index contributed by atoms with van der Waals surface area (Å²) in [5.74, 6) is -3.64. The van der Waals surface area contributed by atoms with Crippen LogP contribution in [0.25, 0.3) is 21.2 Å². The minimum atomic E-state index is -5.01. The summed E-state index contributed by atoms with van der Waals surface area (Å²) in [5, 5.41) is 9.03. The number of halogens is 6. The van der Waals surface area contributed by atoms with Crippen molar-refractivity contribution in [3.05, 3.63) is 87.3 Å². The Labute approximate surface area is 275 Å². The van der Waals surface area contributed by atoms with Gasteiger partial charge in [-0.1, -0.05) is 41.9 Å². The lowest BCUT2D eigenvalue weighted by atomic mass is 9.89. The second kappa shape index (κ2) is 13.5. The van der Waals surface area contributed by atoms with Gasteiger partial charge in [0.05, 0.1) is 22.2 Å². The molecule has 4 aromatic rings. The van der Waals surface area contributed by atoms with Gasteiger partial charge in [-0.25, -0.2) is 13.6 Å². The molecule has 1 aliphatic carbocycles. The molecule has 0 aliphatic heterocycles. The van der Waals surface area contributed by atoms with E-state index in [2.05, 4.69) is 0 Å². The predicted octanol–water partition coefficient (Wildman–Crippen LogP) is 8.82. The van der Waals surface area contributed by atoms with E-state index < -0.39 is 47.2 Å². The average molecular weight is 695 g/mol. The lowest BCUT2D eigenvalue weighted by Crippen LogP contribution is -2.46. The monoisotopic (exact) mass is 694 g/mol. The van der Waals surface area contributed by atoms with Gasteiger partial charge in [-0.15, -0.1) is 11.3 Å². The molecule has 0 bridgehead atoms. The SMILES string of the molecule is COc1ccc(-c2ccc(C(=O)C(F)(F)F)cc2)cc1CN(C(=O)c1sc2c(F)ccc(F)c2c1Cl)C1CCC(N(C)C(=O)O)CC1. The average Bonchev–Trinajstić information content (AvgIpc) is 3.42. The van der Waals surface area contributed by atoms with Crippen LogP contribution in [0, 0.1) is 11.6 Å². The first kappa shape index (κ1) is 34.1. The van der Waals surface area contributed by atoms with Gasteiger partial charge in [-0.3, -0.25) is 9.59 Å². The Morgan fingerprint density at radius 1 is 0.936 bits per heavy atom. The predicted molar refractivity (Wildman–Crippen MR) is 167 cm³/mol. The van der Waals surface area contributed by atoms with E-state index in [9.17, 15) is 41.4 Å². The first-order chi connectivity index (χ1) is 22.2. The maximum absolute atomic E-state index is 14.7. The fraction of sp³-hybridized carbons (Fsp3) is 0.303. The highest BCUT2D eigenvalue weighted by atomic mass is 35.5. The molecule has 2 amide bonds. The minimum Gasteiger partial charge on any atom is -0.496 e. The quantitative estimate of drug-likeness (QED) is 0.147. The van der Waals surface area contributed by atoms with Crippen molar-refractivity contribution in [2.24, 2.45) is 0 Å². The number of ketones is 1. The van der Waals surface area contributed by atoms with Gasteiger partial charge in [0.2, 0.25) is 0 Å². The van der Waals surface area contributed by atoms with Gasteiger partial charge < -0.3 is 19.6 Å². The Morgan fingerprint density at radius 2 is 1.53 bits per heavy atom. The lowest BCUT2D eigenvalue weighted by Gasteiger charge is -2.39. The molecule has 1 N–H and O–H groups in total. The van der Waals surface area contributed by atoms with Crippen LogP contribution in [0.4, 0.5) is 26.7 Å². The molecular weight excluding hydrogens is 667 g/mol. The van der Waals surface area contributed by atoms with Crippen LogP contribution < -0.4 is 4.74 Å². The van der Waals surface area contributed by atoms with E-state index in [1.807, 2.05) is 0 Å². The van der Waals surface area contributed by atoms with Gasteiger partial charge in [0.15, 0.2) is 0 Å². The van der Waals surface area contributed by atoms with Gasteiger partial charge >= 0.3 is 12.3 Å². The molecule has 1 fully saturated rings. The largest absolute Gasteiger partial charge is 0.496 e. The molecule has 0 atom stereocenters. The van der Waals surface area contributed by atoms with Gasteiger partial charge in [0.1, 0.15) is 22.3 Å². The molecule has 1 heterocycles. The molecule has 14 heteroatoms. The number of carbonyl (C=O) groups is 3. The van der Waals surface area contributed by atoms with Crippen molar-refractivity contribution in [2.45, 2.75) is 50.5 Å². The van der Waals surface area contributed by atoms with Crippen LogP contribution >= 0.6 is 22.9 Å². The number of hydrogen-bond acceptors (Lipinski definition) is 5. The number of methoxy groups -OCH3 is 1. The van der Waals surface area contributed by atoms with Crippen LogP contribution in [0.3, 0.4) is 0 Å². The Kier molecular flexibility index (Phi) is 9.78. The maximum Gasteiger partial charge on any atom is 0.454 e. The van der Waals surface area contributed by atoms with E-state index in [1.165, 1.54) is 36.1 Å². The molecule has 0 saturated heterocycles. The van der Waals surface area contributed by atoms with Gasteiger partial charge in [0.25, 0.3) is 11.7 Å². The van der Waals surface area contributed by atoms with Gasteiger partial charge in [-0.05, 0) is 61.1 Å². The summed E-state index contributed by atoms with van der Waals surface area (Å²) < 4.78 is 73.6. The van der Waals surface area contributed by atoms with E-state index in [0.29, 0.717) is 48.1 Å². The lowest BCUT2D eigenvalue weighted by molar-refractivity contribution is -0.0885. The molecule has 1 aromatic heterocycles. The van der Waals surface area contributed by atoms with Crippen LogP contribution in [0.15, 0.2) is 54.6 Å². The normalized spacial score (nSPS) is 16.6.